The number of hydrogen-bond acceptors (Lipinski definition) is 0. The van der Waals surface area contributed by atoms with E-state index in [-0.39, 0.29) is 38.6 Å². The monoisotopic (exact) mass is 368 g/mol. The Bertz CT molecular complexity index is 435. The summed E-state index contributed by atoms with van der Waals surface area (Å²) in [5.74, 6) is -0.457. The first-order chi connectivity index (χ1) is 9.63. The Hall–Kier alpha value is -0.0761. The molecule has 0 saturated heterocycles. The number of rotatable bonds is 3. The topological polar surface area (TPSA) is 0 Å². The molecule has 0 atom stereocenters. The van der Waals surface area contributed by atoms with E-state index >= 15 is 0 Å². The van der Waals surface area contributed by atoms with Crippen LogP contribution in [0.25, 0.3) is 0 Å². The van der Waals surface area contributed by atoms with Crippen molar-refractivity contribution in [3.63, 3.8) is 0 Å². The van der Waals surface area contributed by atoms with Crippen molar-refractivity contribution < 1.29 is 41.5 Å². The molecule has 0 amide bonds. The van der Waals surface area contributed by atoms with Gasteiger partial charge in [-0.1, -0.05) is 18.2 Å². The second-order valence-electron chi connectivity index (χ2n) is 5.34. The van der Waals surface area contributed by atoms with Gasteiger partial charge in [-0.2, -0.15) is 6.92 Å². The Morgan fingerprint density at radius 1 is 1.14 bits per heavy atom. The fraction of sp³-hybridized carbons (Fsp3) is 0.500. The van der Waals surface area contributed by atoms with Gasteiger partial charge in [0.1, 0.15) is 0 Å². The molecule has 1 aromatic rings. The van der Waals surface area contributed by atoms with Crippen molar-refractivity contribution in [3.05, 3.63) is 54.5 Å². The summed E-state index contributed by atoms with van der Waals surface area (Å²) in [7, 11) is 0. The van der Waals surface area contributed by atoms with Crippen LogP contribution in [0.1, 0.15) is 56.1 Å². The molecule has 2 rings (SSSR count). The zero-order valence-corrected chi connectivity index (χ0v) is 16.0. The Morgan fingerprint density at radius 2 is 1.71 bits per heavy atom. The second-order valence-corrected chi connectivity index (χ2v) is 5.34. The van der Waals surface area contributed by atoms with E-state index in [1.54, 1.807) is 26.0 Å². The maximum absolute atomic E-state index is 13.9. The summed E-state index contributed by atoms with van der Waals surface area (Å²) < 4.78 is 27.5. The second kappa shape index (κ2) is 10.6. The van der Waals surface area contributed by atoms with Gasteiger partial charge in [0.05, 0.1) is 0 Å². The first-order valence-electron chi connectivity index (χ1n) is 7.39. The molecule has 1 aliphatic carbocycles. The van der Waals surface area contributed by atoms with Gasteiger partial charge in [0, 0.05) is 32.7 Å². The molecule has 0 spiro atoms. The van der Waals surface area contributed by atoms with Crippen molar-refractivity contribution in [2.75, 3.05) is 0 Å². The van der Waals surface area contributed by atoms with E-state index < -0.39 is 11.6 Å². The van der Waals surface area contributed by atoms with Crippen LogP contribution >= 0.6 is 0 Å². The van der Waals surface area contributed by atoms with E-state index in [1.165, 1.54) is 0 Å². The van der Waals surface area contributed by atoms with Crippen molar-refractivity contribution in [2.24, 2.45) is 5.92 Å². The molecule has 0 aliphatic heterocycles. The molecule has 115 valence electrons. The average Bonchev–Trinajstić information content (AvgIpc) is 2.49. The van der Waals surface area contributed by atoms with Gasteiger partial charge >= 0.3 is 0 Å². The van der Waals surface area contributed by atoms with Crippen LogP contribution in [0.15, 0.2) is 24.8 Å². The molecular weight excluding hydrogens is 343 g/mol. The van der Waals surface area contributed by atoms with Crippen LogP contribution in [0.4, 0.5) is 8.78 Å². The van der Waals surface area contributed by atoms with Crippen molar-refractivity contribution >= 4 is 0 Å². The van der Waals surface area contributed by atoms with Crippen LogP contribution in [0, 0.1) is 31.4 Å². The fourth-order valence-corrected chi connectivity index (χ4v) is 2.92. The minimum atomic E-state index is -0.680. The first-order valence-corrected chi connectivity index (χ1v) is 7.39. The number of benzene rings is 1. The molecule has 0 aromatic heterocycles. The van der Waals surface area contributed by atoms with Crippen LogP contribution in [0.2, 0.25) is 0 Å². The van der Waals surface area contributed by atoms with E-state index in [0.717, 1.165) is 32.1 Å². The molecule has 21 heavy (non-hydrogen) atoms. The summed E-state index contributed by atoms with van der Waals surface area (Å²) in [6.07, 6.45) is 7.09. The predicted octanol–water partition coefficient (Wildman–Crippen LogP) is 5.96. The average molecular weight is 368 g/mol. The molecule has 1 saturated carbocycles. The smallest absolute Gasteiger partial charge is 0.162 e. The molecule has 0 unspecified atom stereocenters. The molecular formula is C18H25F2Y-. The SMILES string of the molecule is C=CCC1CCC(c2ccc(C)c(F)c2F)CC1.[CH2-]C.[Y]. The summed E-state index contributed by atoms with van der Waals surface area (Å²) in [5.41, 5.74) is 0.951. The Morgan fingerprint density at radius 3 is 2.24 bits per heavy atom. The number of allylic oxidation sites excluding steroid dienone is 1. The summed E-state index contributed by atoms with van der Waals surface area (Å²) in [4.78, 5) is 0. The van der Waals surface area contributed by atoms with E-state index in [0.29, 0.717) is 17.0 Å². The first kappa shape index (κ1) is 20.9. The minimum absolute atomic E-state index is 0. The van der Waals surface area contributed by atoms with Crippen LogP contribution in [0.5, 0.6) is 0 Å². The van der Waals surface area contributed by atoms with Crippen LogP contribution in [-0.4, -0.2) is 0 Å². The summed E-state index contributed by atoms with van der Waals surface area (Å²) >= 11 is 0. The van der Waals surface area contributed by atoms with Gasteiger partial charge < -0.3 is 6.92 Å². The summed E-state index contributed by atoms with van der Waals surface area (Å²) in [5, 5.41) is 0. The van der Waals surface area contributed by atoms with Gasteiger partial charge in [-0.25, -0.2) is 8.78 Å². The Kier molecular flexibility index (Phi) is 10.6. The largest absolute Gasteiger partial charge is 0.346 e. The normalized spacial score (nSPS) is 20.8. The number of halogens is 2. The summed E-state index contributed by atoms with van der Waals surface area (Å²) in [6.45, 7) is 10.4. The van der Waals surface area contributed by atoms with Crippen molar-refractivity contribution in [1.82, 2.24) is 0 Å². The molecule has 0 bridgehead atoms. The van der Waals surface area contributed by atoms with Crippen molar-refractivity contribution in [3.8, 4) is 0 Å². The molecule has 3 heteroatoms. The maximum atomic E-state index is 13.9. The van der Waals surface area contributed by atoms with Crippen molar-refractivity contribution in [1.29, 1.82) is 0 Å². The molecule has 1 aliphatic rings. The van der Waals surface area contributed by atoms with Crippen molar-refractivity contribution in [2.45, 2.75) is 51.9 Å². The maximum Gasteiger partial charge on any atom is 0.162 e. The quantitative estimate of drug-likeness (QED) is 0.456. The van der Waals surface area contributed by atoms with Gasteiger partial charge in [0.2, 0.25) is 0 Å². The van der Waals surface area contributed by atoms with E-state index in [9.17, 15) is 8.78 Å². The number of aryl methyl sites for hydroxylation is 1. The third-order valence-corrected chi connectivity index (χ3v) is 4.09. The Balaban J connectivity index is 0.00000128. The molecule has 1 radical (unpaired) electrons. The van der Waals surface area contributed by atoms with Gasteiger partial charge in [0.15, 0.2) is 11.6 Å². The summed E-state index contributed by atoms with van der Waals surface area (Å²) in [6, 6.07) is 3.44. The Labute approximate surface area is 153 Å². The molecule has 0 nitrogen and oxygen atoms in total. The zero-order chi connectivity index (χ0) is 15.1. The van der Waals surface area contributed by atoms with E-state index in [4.69, 9.17) is 0 Å². The van der Waals surface area contributed by atoms with Crippen LogP contribution < -0.4 is 0 Å². The number of hydrogen-bond donors (Lipinski definition) is 0. The zero-order valence-electron chi connectivity index (χ0n) is 13.2. The standard InChI is InChI=1S/C16H20F2.C2H5.Y/c1-3-4-12-6-8-13(9-7-12)14-10-5-11(2)15(17)16(14)18;1-2;/h3,5,10,12-13H,1,4,6-9H2,2H3;1H2,2H3;/q;-1;. The fourth-order valence-electron chi connectivity index (χ4n) is 2.92. The van der Waals surface area contributed by atoms with E-state index in [2.05, 4.69) is 13.5 Å². The van der Waals surface area contributed by atoms with Crippen LogP contribution in [0.3, 0.4) is 0 Å². The van der Waals surface area contributed by atoms with Gasteiger partial charge in [-0.15, -0.1) is 6.58 Å². The third kappa shape index (κ3) is 5.56. The predicted molar refractivity (Wildman–Crippen MR) is 81.6 cm³/mol. The van der Waals surface area contributed by atoms with Gasteiger partial charge in [0.25, 0.3) is 0 Å². The van der Waals surface area contributed by atoms with Crippen LogP contribution in [-0.2, 0) is 32.7 Å². The molecule has 1 fully saturated rings. The van der Waals surface area contributed by atoms with Gasteiger partial charge in [-0.3, -0.25) is 0 Å². The van der Waals surface area contributed by atoms with Gasteiger partial charge in [-0.05, 0) is 62.0 Å². The van der Waals surface area contributed by atoms with E-state index in [1.807, 2.05) is 6.08 Å². The third-order valence-electron chi connectivity index (χ3n) is 4.09. The molecule has 1 aromatic carbocycles. The molecule has 0 heterocycles. The molecule has 0 N–H and O–H groups in total. The minimum Gasteiger partial charge on any atom is -0.346 e.